The number of carbonyl (C=O) groups excluding carboxylic acids is 2. The summed E-state index contributed by atoms with van der Waals surface area (Å²) in [5.41, 5.74) is 8.13. The average Bonchev–Trinajstić information content (AvgIpc) is 2.20. The smallest absolute Gasteiger partial charge is 0.338 e. The Morgan fingerprint density at radius 2 is 1.25 bits per heavy atom. The maximum atomic E-state index is 12.2. The van der Waals surface area contributed by atoms with E-state index in [-0.39, 0.29) is 6.42 Å². The van der Waals surface area contributed by atoms with Crippen LogP contribution in [0.3, 0.4) is 0 Å². The maximum absolute atomic E-state index is 12.2. The van der Waals surface area contributed by atoms with Crippen LogP contribution in [0.15, 0.2) is 0 Å². The van der Waals surface area contributed by atoms with Crippen LogP contribution in [0.1, 0.15) is 54.4 Å². The first kappa shape index (κ1) is 18.9. The fraction of sp³-hybridized carbons (Fsp3) is 0.857. The fourth-order valence-electron chi connectivity index (χ4n) is 1.41. The highest BCUT2D eigenvalue weighted by Gasteiger charge is 2.47. The zero-order valence-corrected chi connectivity index (χ0v) is 13.4. The Hall–Kier alpha value is -1.14. The van der Waals surface area contributed by atoms with Crippen molar-refractivity contribution in [2.45, 2.75) is 71.1 Å². The molecule has 0 fully saturated rings. The molecule has 0 heterocycles. The molecule has 0 aromatic heterocycles. The van der Waals surface area contributed by atoms with Crippen molar-refractivity contribution in [3.8, 4) is 0 Å². The number of rotatable bonds is 5. The molecular weight excluding hydrogens is 260 g/mol. The van der Waals surface area contributed by atoms with E-state index < -0.39 is 28.7 Å². The third-order valence-electron chi connectivity index (χ3n) is 2.30. The van der Waals surface area contributed by atoms with Gasteiger partial charge in [-0.05, 0) is 60.9 Å². The lowest BCUT2D eigenvalue weighted by Gasteiger charge is -2.32. The van der Waals surface area contributed by atoms with Crippen LogP contribution in [-0.4, -0.2) is 35.2 Å². The van der Waals surface area contributed by atoms with E-state index in [1.165, 1.54) is 0 Å². The summed E-state index contributed by atoms with van der Waals surface area (Å²) in [4.78, 5) is 24.4. The van der Waals surface area contributed by atoms with E-state index in [2.05, 4.69) is 0 Å². The summed E-state index contributed by atoms with van der Waals surface area (Å²) in [6.45, 7) is 10.6. The minimum Gasteiger partial charge on any atom is -0.458 e. The van der Waals surface area contributed by atoms with E-state index in [0.29, 0.717) is 13.0 Å². The van der Waals surface area contributed by atoms with Gasteiger partial charge in [0.2, 0.25) is 5.54 Å². The van der Waals surface area contributed by atoms with Gasteiger partial charge in [-0.2, -0.15) is 0 Å². The highest BCUT2D eigenvalue weighted by molar-refractivity contribution is 6.04. The van der Waals surface area contributed by atoms with Crippen LogP contribution >= 0.6 is 0 Å². The molecule has 0 rings (SSSR count). The van der Waals surface area contributed by atoms with Crippen molar-refractivity contribution < 1.29 is 19.1 Å². The van der Waals surface area contributed by atoms with Crippen LogP contribution in [0.5, 0.6) is 0 Å². The van der Waals surface area contributed by atoms with Gasteiger partial charge in [0.25, 0.3) is 0 Å². The first-order valence-electron chi connectivity index (χ1n) is 6.78. The summed E-state index contributed by atoms with van der Waals surface area (Å²) in [5, 5.41) is 0. The Morgan fingerprint density at radius 1 is 0.900 bits per heavy atom. The van der Waals surface area contributed by atoms with Gasteiger partial charge in [0.05, 0.1) is 0 Å². The van der Waals surface area contributed by atoms with Gasteiger partial charge in [0.1, 0.15) is 11.2 Å². The van der Waals surface area contributed by atoms with Crippen molar-refractivity contribution in [2.75, 3.05) is 6.54 Å². The normalized spacial score (nSPS) is 13.0. The van der Waals surface area contributed by atoms with Crippen LogP contribution in [0.4, 0.5) is 0 Å². The van der Waals surface area contributed by atoms with Crippen molar-refractivity contribution in [3.63, 3.8) is 0 Å². The molecule has 0 aromatic carbocycles. The second-order valence-electron chi connectivity index (χ2n) is 6.87. The lowest BCUT2D eigenvalue weighted by atomic mass is 9.94. The summed E-state index contributed by atoms with van der Waals surface area (Å²) in [7, 11) is 0. The molecule has 0 aromatic rings. The van der Waals surface area contributed by atoms with Crippen LogP contribution in [0.25, 0.3) is 0 Å². The van der Waals surface area contributed by atoms with Crippen molar-refractivity contribution in [1.82, 2.24) is 0 Å². The average molecular weight is 288 g/mol. The first-order chi connectivity index (χ1) is 8.82. The summed E-state index contributed by atoms with van der Waals surface area (Å²) >= 11 is 0. The minimum absolute atomic E-state index is 0.0906. The van der Waals surface area contributed by atoms with E-state index in [1.54, 1.807) is 41.5 Å². The molecule has 6 heteroatoms. The van der Waals surface area contributed by atoms with Crippen LogP contribution in [-0.2, 0) is 19.1 Å². The molecule has 0 radical (unpaired) electrons. The molecule has 6 nitrogen and oxygen atoms in total. The predicted molar refractivity (Wildman–Crippen MR) is 76.9 cm³/mol. The molecule has 0 amide bonds. The molecular formula is C14H28N2O4. The number of esters is 2. The van der Waals surface area contributed by atoms with Crippen molar-refractivity contribution in [3.05, 3.63) is 0 Å². The lowest BCUT2D eigenvalue weighted by molar-refractivity contribution is -0.177. The van der Waals surface area contributed by atoms with Gasteiger partial charge in [0.15, 0.2) is 0 Å². The number of hydrogen-bond donors (Lipinski definition) is 2. The number of carbonyl (C=O) groups is 2. The van der Waals surface area contributed by atoms with Crippen LogP contribution < -0.4 is 11.5 Å². The molecule has 0 spiro atoms. The van der Waals surface area contributed by atoms with Gasteiger partial charge >= 0.3 is 11.9 Å². The van der Waals surface area contributed by atoms with Crippen LogP contribution in [0.2, 0.25) is 0 Å². The van der Waals surface area contributed by atoms with Gasteiger partial charge in [-0.15, -0.1) is 0 Å². The number of hydrogen-bond acceptors (Lipinski definition) is 6. The Kier molecular flexibility index (Phi) is 6.17. The van der Waals surface area contributed by atoms with Crippen molar-refractivity contribution in [2.24, 2.45) is 11.5 Å². The molecule has 0 unspecified atom stereocenters. The standard InChI is InChI=1S/C14H28N2O4/c1-12(2,3)19-10(17)14(16,8-7-9-15)11(18)20-13(4,5)6/h7-9,15-16H2,1-6H3. The Morgan fingerprint density at radius 3 is 1.50 bits per heavy atom. The van der Waals surface area contributed by atoms with Gasteiger partial charge in [-0.3, -0.25) is 0 Å². The highest BCUT2D eigenvalue weighted by atomic mass is 16.6. The fourth-order valence-corrected chi connectivity index (χ4v) is 1.41. The maximum Gasteiger partial charge on any atom is 0.338 e. The van der Waals surface area contributed by atoms with Gasteiger partial charge < -0.3 is 20.9 Å². The molecule has 0 saturated heterocycles. The van der Waals surface area contributed by atoms with Crippen molar-refractivity contribution in [1.29, 1.82) is 0 Å². The quantitative estimate of drug-likeness (QED) is 0.580. The Labute approximate surface area is 121 Å². The second kappa shape index (κ2) is 6.54. The number of ether oxygens (including phenoxy) is 2. The van der Waals surface area contributed by atoms with Gasteiger partial charge in [0, 0.05) is 0 Å². The monoisotopic (exact) mass is 288 g/mol. The summed E-state index contributed by atoms with van der Waals surface area (Å²) < 4.78 is 10.5. The SMILES string of the molecule is CC(C)(C)OC(=O)C(N)(CCCN)C(=O)OC(C)(C)C. The predicted octanol–water partition coefficient (Wildman–Crippen LogP) is 1.11. The van der Waals surface area contributed by atoms with Gasteiger partial charge in [-0.1, -0.05) is 0 Å². The van der Waals surface area contributed by atoms with E-state index >= 15 is 0 Å². The third kappa shape index (κ3) is 6.34. The second-order valence-corrected chi connectivity index (χ2v) is 6.87. The summed E-state index contributed by atoms with van der Waals surface area (Å²) in [6.07, 6.45) is 0.516. The topological polar surface area (TPSA) is 105 Å². The van der Waals surface area contributed by atoms with E-state index in [0.717, 1.165) is 0 Å². The van der Waals surface area contributed by atoms with E-state index in [1.807, 2.05) is 0 Å². The minimum atomic E-state index is -1.82. The Bertz CT molecular complexity index is 325. The van der Waals surface area contributed by atoms with Gasteiger partial charge in [-0.25, -0.2) is 9.59 Å². The first-order valence-corrected chi connectivity index (χ1v) is 6.78. The molecule has 0 bridgehead atoms. The molecule has 4 N–H and O–H groups in total. The van der Waals surface area contributed by atoms with Crippen molar-refractivity contribution >= 4 is 11.9 Å². The molecule has 0 saturated carbocycles. The van der Waals surface area contributed by atoms with E-state index in [9.17, 15) is 9.59 Å². The van der Waals surface area contributed by atoms with Crippen LogP contribution in [0, 0.1) is 0 Å². The molecule has 0 aliphatic heterocycles. The number of nitrogens with two attached hydrogens (primary N) is 2. The zero-order valence-electron chi connectivity index (χ0n) is 13.4. The largest absolute Gasteiger partial charge is 0.458 e. The zero-order chi connectivity index (χ0) is 16.2. The molecule has 0 aliphatic rings. The molecule has 118 valence electrons. The lowest BCUT2D eigenvalue weighted by Crippen LogP contribution is -2.59. The summed E-state index contributed by atoms with van der Waals surface area (Å²) in [6, 6.07) is 0. The molecule has 0 atom stereocenters. The molecule has 20 heavy (non-hydrogen) atoms. The third-order valence-corrected chi connectivity index (χ3v) is 2.30. The summed E-state index contributed by atoms with van der Waals surface area (Å²) in [5.74, 6) is -1.57. The highest BCUT2D eigenvalue weighted by Crippen LogP contribution is 2.21. The Balaban J connectivity index is 5.18. The molecule has 0 aliphatic carbocycles. The van der Waals surface area contributed by atoms with E-state index in [4.69, 9.17) is 20.9 Å².